The van der Waals surface area contributed by atoms with Crippen molar-refractivity contribution in [3.05, 3.63) is 35.9 Å². The number of anilines is 1. The van der Waals surface area contributed by atoms with E-state index in [9.17, 15) is 9.90 Å². The largest absolute Gasteiger partial charge is 0.468 e. The normalized spacial score (nSPS) is 22.7. The van der Waals surface area contributed by atoms with Gasteiger partial charge in [-0.05, 0) is 42.7 Å². The van der Waals surface area contributed by atoms with E-state index in [2.05, 4.69) is 0 Å². The zero-order valence-electron chi connectivity index (χ0n) is 13.1. The summed E-state index contributed by atoms with van der Waals surface area (Å²) in [4.78, 5) is 13.9. The van der Waals surface area contributed by atoms with Crippen LogP contribution in [0.4, 0.5) is 5.69 Å². The van der Waals surface area contributed by atoms with Gasteiger partial charge in [0.1, 0.15) is 5.75 Å². The molecule has 0 saturated heterocycles. The molecule has 1 aromatic carbocycles. The molecule has 2 atom stereocenters. The Morgan fingerprint density at radius 3 is 3.04 bits per heavy atom. The Morgan fingerprint density at radius 1 is 1.35 bits per heavy atom. The van der Waals surface area contributed by atoms with Gasteiger partial charge in [-0.2, -0.15) is 0 Å². The Balaban J connectivity index is 1.69. The van der Waals surface area contributed by atoms with E-state index in [1.54, 1.807) is 18.1 Å². The minimum absolute atomic E-state index is 0.0816. The molecular formula is C17H21NO5. The molecule has 1 N–H and O–H groups in total. The van der Waals surface area contributed by atoms with Gasteiger partial charge in [0.25, 0.3) is 5.91 Å². The summed E-state index contributed by atoms with van der Waals surface area (Å²) in [6, 6.07) is 5.38. The van der Waals surface area contributed by atoms with Crippen LogP contribution in [0.3, 0.4) is 0 Å². The zero-order valence-corrected chi connectivity index (χ0v) is 13.1. The summed E-state index contributed by atoms with van der Waals surface area (Å²) >= 11 is 0. The lowest BCUT2D eigenvalue weighted by atomic mass is 10.0. The molecule has 124 valence electrons. The van der Waals surface area contributed by atoms with Gasteiger partial charge in [-0.15, -0.1) is 0 Å². The fourth-order valence-corrected chi connectivity index (χ4v) is 2.99. The topological polar surface area (TPSA) is 68.2 Å². The molecule has 23 heavy (non-hydrogen) atoms. The predicted octanol–water partition coefficient (Wildman–Crippen LogP) is 1.26. The van der Waals surface area contributed by atoms with Crippen molar-refractivity contribution in [2.24, 2.45) is 0 Å². The van der Waals surface area contributed by atoms with Crippen molar-refractivity contribution in [1.82, 2.24) is 0 Å². The van der Waals surface area contributed by atoms with Crippen molar-refractivity contribution in [3.8, 4) is 5.75 Å². The third-order valence-electron chi connectivity index (χ3n) is 4.13. The maximum Gasteiger partial charge on any atom is 0.251 e. The Hall–Kier alpha value is -1.89. The fraction of sp³-hybridized carbons (Fsp3) is 0.471. The number of carbonyl (C=O) groups excluding carboxylic acids is 1. The molecule has 0 saturated carbocycles. The number of rotatable bonds is 6. The van der Waals surface area contributed by atoms with Crippen LogP contribution in [0.25, 0.3) is 0 Å². The van der Waals surface area contributed by atoms with E-state index in [0.717, 1.165) is 11.3 Å². The number of fused-ring (bicyclic) bond motifs is 3. The summed E-state index contributed by atoms with van der Waals surface area (Å²) in [5, 5.41) is 10.2. The third-order valence-corrected chi connectivity index (χ3v) is 4.13. The number of methoxy groups -OCH3 is 1. The minimum atomic E-state index is -0.549. The first kappa shape index (κ1) is 16.0. The zero-order chi connectivity index (χ0) is 16.2. The average Bonchev–Trinajstić information content (AvgIpc) is 2.87. The highest BCUT2D eigenvalue weighted by Gasteiger charge is 2.38. The first-order valence-corrected chi connectivity index (χ1v) is 7.71. The van der Waals surface area contributed by atoms with E-state index in [0.29, 0.717) is 31.8 Å². The van der Waals surface area contributed by atoms with Crippen LogP contribution in [0.15, 0.2) is 30.4 Å². The van der Waals surface area contributed by atoms with Crippen molar-refractivity contribution in [1.29, 1.82) is 0 Å². The number of aliphatic hydroxyl groups is 1. The fourth-order valence-electron chi connectivity index (χ4n) is 2.99. The molecule has 0 radical (unpaired) electrons. The van der Waals surface area contributed by atoms with Crippen molar-refractivity contribution < 1.29 is 24.1 Å². The second kappa shape index (κ2) is 7.12. The van der Waals surface area contributed by atoms with Gasteiger partial charge < -0.3 is 24.2 Å². The first-order chi connectivity index (χ1) is 11.2. The molecule has 0 fully saturated rings. The Kier molecular flexibility index (Phi) is 4.95. The Morgan fingerprint density at radius 2 is 2.22 bits per heavy atom. The monoisotopic (exact) mass is 319 g/mol. The van der Waals surface area contributed by atoms with Crippen LogP contribution in [0.1, 0.15) is 12.0 Å². The van der Waals surface area contributed by atoms with Crippen LogP contribution in [0, 0.1) is 0 Å². The van der Waals surface area contributed by atoms with Gasteiger partial charge >= 0.3 is 0 Å². The van der Waals surface area contributed by atoms with Gasteiger partial charge in [0.05, 0.1) is 25.4 Å². The van der Waals surface area contributed by atoms with Crippen LogP contribution < -0.4 is 9.64 Å². The number of hydrogen-bond donors (Lipinski definition) is 1. The van der Waals surface area contributed by atoms with E-state index in [-0.39, 0.29) is 18.7 Å². The van der Waals surface area contributed by atoms with Crippen LogP contribution >= 0.6 is 0 Å². The van der Waals surface area contributed by atoms with Crippen LogP contribution in [-0.2, 0) is 20.7 Å². The maximum absolute atomic E-state index is 12.2. The van der Waals surface area contributed by atoms with E-state index < -0.39 is 6.10 Å². The van der Waals surface area contributed by atoms with Gasteiger partial charge in [0.2, 0.25) is 0 Å². The molecule has 6 heteroatoms. The molecule has 0 unspecified atom stereocenters. The maximum atomic E-state index is 12.2. The van der Waals surface area contributed by atoms with Crippen molar-refractivity contribution in [2.75, 3.05) is 32.0 Å². The van der Waals surface area contributed by atoms with Crippen LogP contribution in [0.2, 0.25) is 0 Å². The lowest BCUT2D eigenvalue weighted by molar-refractivity contribution is -0.114. The highest BCUT2D eigenvalue weighted by atomic mass is 16.7. The quantitative estimate of drug-likeness (QED) is 0.632. The molecule has 2 aliphatic heterocycles. The number of carbonyl (C=O) groups is 1. The third kappa shape index (κ3) is 3.39. The van der Waals surface area contributed by atoms with Gasteiger partial charge in [-0.3, -0.25) is 4.79 Å². The second-order valence-corrected chi connectivity index (χ2v) is 5.64. The van der Waals surface area contributed by atoms with Gasteiger partial charge in [-0.25, -0.2) is 0 Å². The lowest BCUT2D eigenvalue weighted by Gasteiger charge is -2.26. The molecule has 2 aliphatic rings. The number of ether oxygens (including phenoxy) is 3. The number of aliphatic hydroxyl groups excluding tert-OH is 1. The second-order valence-electron chi connectivity index (χ2n) is 5.64. The summed E-state index contributed by atoms with van der Waals surface area (Å²) < 4.78 is 15.7. The smallest absolute Gasteiger partial charge is 0.251 e. The molecule has 0 bridgehead atoms. The number of hydrogen-bond acceptors (Lipinski definition) is 5. The summed E-state index contributed by atoms with van der Waals surface area (Å²) in [6.45, 7) is 1.15. The standard InChI is InChI=1S/C17H21NO5/c1-21-7-8-22-11-23-13-5-6-14-12(9-13)10-15-16(19)3-2-4-17(20)18(14)15/h2,4-6,9,15-16,19H,3,7-8,10-11H2,1H3/t15-,16+/m0/s1. The van der Waals surface area contributed by atoms with Gasteiger partial charge in [0.15, 0.2) is 6.79 Å². The molecule has 2 heterocycles. The Bertz CT molecular complexity index is 601. The summed E-state index contributed by atoms with van der Waals surface area (Å²) in [7, 11) is 1.62. The molecule has 6 nitrogen and oxygen atoms in total. The summed E-state index contributed by atoms with van der Waals surface area (Å²) in [6.07, 6.45) is 3.85. The Labute approximate surface area is 135 Å². The molecule has 1 aromatic rings. The molecule has 0 aliphatic carbocycles. The van der Waals surface area contributed by atoms with Crippen molar-refractivity contribution >= 4 is 11.6 Å². The van der Waals surface area contributed by atoms with Crippen molar-refractivity contribution in [2.45, 2.75) is 25.0 Å². The van der Waals surface area contributed by atoms with Crippen LogP contribution in [0.5, 0.6) is 5.75 Å². The molecule has 1 amide bonds. The summed E-state index contributed by atoms with van der Waals surface area (Å²) in [5.74, 6) is 0.609. The van der Waals surface area contributed by atoms with E-state index in [1.807, 2.05) is 18.2 Å². The summed E-state index contributed by atoms with van der Waals surface area (Å²) in [5.41, 5.74) is 1.85. The van der Waals surface area contributed by atoms with Gasteiger partial charge in [0, 0.05) is 12.8 Å². The van der Waals surface area contributed by atoms with E-state index >= 15 is 0 Å². The van der Waals surface area contributed by atoms with E-state index in [1.165, 1.54) is 6.08 Å². The average molecular weight is 319 g/mol. The highest BCUT2D eigenvalue weighted by Crippen LogP contribution is 2.37. The molecular weight excluding hydrogens is 298 g/mol. The molecule has 3 rings (SSSR count). The first-order valence-electron chi connectivity index (χ1n) is 7.71. The SMILES string of the molecule is COCCOCOc1ccc2c(c1)C[C@H]1[C@H](O)CC=CC(=O)N21. The number of benzene rings is 1. The number of amides is 1. The van der Waals surface area contributed by atoms with E-state index in [4.69, 9.17) is 14.2 Å². The van der Waals surface area contributed by atoms with Gasteiger partial charge in [-0.1, -0.05) is 6.08 Å². The molecule has 0 aromatic heterocycles. The highest BCUT2D eigenvalue weighted by molar-refractivity contribution is 6.04. The van der Waals surface area contributed by atoms with Crippen LogP contribution in [-0.4, -0.2) is 50.3 Å². The number of nitrogens with zero attached hydrogens (tertiary/aromatic N) is 1. The van der Waals surface area contributed by atoms with Crippen molar-refractivity contribution in [3.63, 3.8) is 0 Å². The predicted molar refractivity (Wildman–Crippen MR) is 84.5 cm³/mol. The lowest BCUT2D eigenvalue weighted by Crippen LogP contribution is -2.43. The minimum Gasteiger partial charge on any atom is -0.468 e. The molecule has 0 spiro atoms.